The van der Waals surface area contributed by atoms with Crippen molar-refractivity contribution in [1.82, 2.24) is 4.90 Å². The highest BCUT2D eigenvalue weighted by atomic mass is 16.5. The first-order valence-electron chi connectivity index (χ1n) is 6.12. The summed E-state index contributed by atoms with van der Waals surface area (Å²) in [6.07, 6.45) is 4.43. The number of nitrogens with two attached hydrogens (primary N) is 1. The molecule has 0 bridgehead atoms. The summed E-state index contributed by atoms with van der Waals surface area (Å²) in [5.41, 5.74) is 5.70. The van der Waals surface area contributed by atoms with Gasteiger partial charge in [-0.3, -0.25) is 4.79 Å². The van der Waals surface area contributed by atoms with Gasteiger partial charge in [0.25, 0.3) is 0 Å². The van der Waals surface area contributed by atoms with Crippen LogP contribution >= 0.6 is 0 Å². The van der Waals surface area contributed by atoms with Gasteiger partial charge in [-0.1, -0.05) is 12.8 Å². The molecule has 0 saturated heterocycles. The van der Waals surface area contributed by atoms with Crippen LogP contribution in [0.3, 0.4) is 0 Å². The minimum Gasteiger partial charge on any atom is -0.466 e. The van der Waals surface area contributed by atoms with Gasteiger partial charge in [-0.05, 0) is 33.9 Å². The quantitative estimate of drug-likeness (QED) is 0.713. The average Bonchev–Trinajstić information content (AvgIpc) is 2.69. The second kappa shape index (κ2) is 5.64. The van der Waals surface area contributed by atoms with Crippen molar-refractivity contribution in [3.8, 4) is 0 Å². The van der Waals surface area contributed by atoms with E-state index >= 15 is 0 Å². The van der Waals surface area contributed by atoms with Crippen LogP contribution in [-0.2, 0) is 9.53 Å². The number of carbonyl (C=O) groups excluding carboxylic acids is 1. The molecule has 0 aromatic carbocycles. The number of hydrogen-bond acceptors (Lipinski definition) is 4. The van der Waals surface area contributed by atoms with E-state index in [9.17, 15) is 4.79 Å². The van der Waals surface area contributed by atoms with Crippen molar-refractivity contribution >= 4 is 5.97 Å². The van der Waals surface area contributed by atoms with Crippen molar-refractivity contribution in [3.63, 3.8) is 0 Å². The van der Waals surface area contributed by atoms with Crippen molar-refractivity contribution < 1.29 is 9.53 Å². The number of esters is 1. The van der Waals surface area contributed by atoms with Crippen LogP contribution in [0.1, 0.15) is 32.6 Å². The molecule has 1 aliphatic carbocycles. The van der Waals surface area contributed by atoms with E-state index in [2.05, 4.69) is 4.90 Å². The summed E-state index contributed by atoms with van der Waals surface area (Å²) >= 11 is 0. The maximum Gasteiger partial charge on any atom is 0.312 e. The average molecular weight is 228 g/mol. The minimum absolute atomic E-state index is 0.0823. The number of hydrogen-bond donors (Lipinski definition) is 1. The van der Waals surface area contributed by atoms with E-state index in [4.69, 9.17) is 10.5 Å². The van der Waals surface area contributed by atoms with E-state index in [0.717, 1.165) is 12.8 Å². The Kier molecular flexibility index (Phi) is 4.74. The first kappa shape index (κ1) is 13.5. The Bertz CT molecular complexity index is 235. The highest BCUT2D eigenvalue weighted by Crippen LogP contribution is 2.40. The molecule has 0 aliphatic heterocycles. The van der Waals surface area contributed by atoms with Gasteiger partial charge in [-0.25, -0.2) is 0 Å². The fraction of sp³-hybridized carbons (Fsp3) is 0.917. The number of rotatable bonds is 5. The van der Waals surface area contributed by atoms with Crippen LogP contribution in [0.15, 0.2) is 0 Å². The molecule has 0 spiro atoms. The lowest BCUT2D eigenvalue weighted by Gasteiger charge is -2.41. The second-order valence-electron chi connectivity index (χ2n) is 4.75. The molecule has 94 valence electrons. The van der Waals surface area contributed by atoms with Crippen molar-refractivity contribution in [3.05, 3.63) is 0 Å². The van der Waals surface area contributed by atoms with Crippen molar-refractivity contribution in [2.24, 2.45) is 11.7 Å². The summed E-state index contributed by atoms with van der Waals surface area (Å²) < 4.78 is 5.14. The second-order valence-corrected chi connectivity index (χ2v) is 4.75. The molecule has 1 aliphatic rings. The lowest BCUT2D eigenvalue weighted by atomic mass is 9.81. The fourth-order valence-corrected chi connectivity index (χ4v) is 2.87. The van der Waals surface area contributed by atoms with Crippen LogP contribution in [0.4, 0.5) is 0 Å². The summed E-state index contributed by atoms with van der Waals surface area (Å²) in [6.45, 7) is 2.64. The molecule has 4 heteroatoms. The van der Waals surface area contributed by atoms with Gasteiger partial charge in [0.1, 0.15) is 0 Å². The number of carbonyl (C=O) groups is 1. The van der Waals surface area contributed by atoms with Gasteiger partial charge in [0.15, 0.2) is 0 Å². The normalized spacial score (nSPS) is 21.1. The van der Waals surface area contributed by atoms with E-state index in [1.807, 2.05) is 21.0 Å². The summed E-state index contributed by atoms with van der Waals surface area (Å²) in [5.74, 6) is -0.328. The van der Waals surface area contributed by atoms with Crippen LogP contribution in [0, 0.1) is 5.92 Å². The van der Waals surface area contributed by atoms with Crippen molar-refractivity contribution in [2.75, 3.05) is 27.2 Å². The summed E-state index contributed by atoms with van der Waals surface area (Å²) in [6, 6.07) is 0. The van der Waals surface area contributed by atoms with Gasteiger partial charge in [0.05, 0.1) is 12.5 Å². The molecule has 16 heavy (non-hydrogen) atoms. The highest BCUT2D eigenvalue weighted by molar-refractivity contribution is 5.74. The molecule has 0 heterocycles. The lowest BCUT2D eigenvalue weighted by molar-refractivity contribution is -0.153. The van der Waals surface area contributed by atoms with E-state index in [1.165, 1.54) is 12.8 Å². The monoisotopic (exact) mass is 228 g/mol. The smallest absolute Gasteiger partial charge is 0.312 e. The molecule has 4 nitrogen and oxygen atoms in total. The standard InChI is InChI=1S/C12H24N2O2/c1-4-16-11(15)10(9-13)12(14(2)3)7-5-6-8-12/h10H,4-9,13H2,1-3H3/t10-/m1/s1. The number of nitrogens with zero attached hydrogens (tertiary/aromatic N) is 1. The molecule has 0 aromatic rings. The summed E-state index contributed by atoms with van der Waals surface area (Å²) in [4.78, 5) is 14.1. The summed E-state index contributed by atoms with van der Waals surface area (Å²) in [7, 11) is 4.07. The van der Waals surface area contributed by atoms with Gasteiger partial charge in [-0.2, -0.15) is 0 Å². The predicted octanol–water partition coefficient (Wildman–Crippen LogP) is 0.999. The Morgan fingerprint density at radius 2 is 2.00 bits per heavy atom. The molecule has 2 N–H and O–H groups in total. The van der Waals surface area contributed by atoms with Gasteiger partial charge < -0.3 is 15.4 Å². The minimum atomic E-state index is -0.190. The Hall–Kier alpha value is -0.610. The third kappa shape index (κ3) is 2.38. The van der Waals surface area contributed by atoms with Gasteiger partial charge in [0.2, 0.25) is 0 Å². The topological polar surface area (TPSA) is 55.6 Å². The van der Waals surface area contributed by atoms with Gasteiger partial charge >= 0.3 is 5.97 Å². The van der Waals surface area contributed by atoms with E-state index in [-0.39, 0.29) is 17.4 Å². The zero-order valence-corrected chi connectivity index (χ0v) is 10.7. The van der Waals surface area contributed by atoms with Crippen molar-refractivity contribution in [1.29, 1.82) is 0 Å². The molecule has 1 saturated carbocycles. The maximum atomic E-state index is 11.9. The molecular formula is C12H24N2O2. The third-order valence-electron chi connectivity index (χ3n) is 3.82. The Morgan fingerprint density at radius 1 is 1.44 bits per heavy atom. The van der Waals surface area contributed by atoms with Gasteiger partial charge in [0, 0.05) is 12.1 Å². The van der Waals surface area contributed by atoms with Crippen LogP contribution in [0.5, 0.6) is 0 Å². The molecule has 1 atom stereocenters. The fourth-order valence-electron chi connectivity index (χ4n) is 2.87. The molecule has 0 amide bonds. The van der Waals surface area contributed by atoms with E-state index in [1.54, 1.807) is 0 Å². The lowest BCUT2D eigenvalue weighted by Crippen LogP contribution is -2.54. The molecular weight excluding hydrogens is 204 g/mol. The zero-order chi connectivity index (χ0) is 12.2. The first-order valence-corrected chi connectivity index (χ1v) is 6.12. The Morgan fingerprint density at radius 3 is 2.38 bits per heavy atom. The zero-order valence-electron chi connectivity index (χ0n) is 10.7. The SMILES string of the molecule is CCOC(=O)[C@@H](CN)C1(N(C)C)CCCC1. The van der Waals surface area contributed by atoms with E-state index in [0.29, 0.717) is 13.2 Å². The molecule has 1 rings (SSSR count). The highest BCUT2D eigenvalue weighted by Gasteiger charge is 2.46. The maximum absolute atomic E-state index is 11.9. The molecule has 0 unspecified atom stereocenters. The van der Waals surface area contributed by atoms with Crippen LogP contribution in [0.2, 0.25) is 0 Å². The largest absolute Gasteiger partial charge is 0.466 e. The summed E-state index contributed by atoms with van der Waals surface area (Å²) in [5, 5.41) is 0. The number of ether oxygens (including phenoxy) is 1. The molecule has 0 aromatic heterocycles. The Labute approximate surface area is 98.1 Å². The third-order valence-corrected chi connectivity index (χ3v) is 3.82. The van der Waals surface area contributed by atoms with Gasteiger partial charge in [-0.15, -0.1) is 0 Å². The Balaban J connectivity index is 2.86. The molecule has 1 fully saturated rings. The van der Waals surface area contributed by atoms with Crippen LogP contribution in [0.25, 0.3) is 0 Å². The first-order chi connectivity index (χ1) is 7.58. The van der Waals surface area contributed by atoms with E-state index < -0.39 is 0 Å². The van der Waals surface area contributed by atoms with Crippen LogP contribution < -0.4 is 5.73 Å². The predicted molar refractivity (Wildman–Crippen MR) is 64.1 cm³/mol. The van der Waals surface area contributed by atoms with Crippen LogP contribution in [-0.4, -0.2) is 43.7 Å². The van der Waals surface area contributed by atoms with Crippen molar-refractivity contribution in [2.45, 2.75) is 38.1 Å². The molecule has 0 radical (unpaired) electrons.